The molecule has 1 N–H and O–H groups in total. The van der Waals surface area contributed by atoms with Crippen LogP contribution in [0.4, 0.5) is 5.95 Å². The third kappa shape index (κ3) is 3.82. The third-order valence-electron chi connectivity index (χ3n) is 3.52. The molecular weight excluding hydrogens is 256 g/mol. The van der Waals surface area contributed by atoms with Gasteiger partial charge in [-0.1, -0.05) is 13.8 Å². The Hall–Kier alpha value is -1.85. The van der Waals surface area contributed by atoms with Gasteiger partial charge in [-0.25, -0.2) is 4.98 Å². The zero-order chi connectivity index (χ0) is 14.5. The van der Waals surface area contributed by atoms with Crippen molar-refractivity contribution in [2.24, 2.45) is 5.92 Å². The fraction of sp³-hybridized carbons (Fsp3) is 0.643. The summed E-state index contributed by atoms with van der Waals surface area (Å²) in [5.74, 6) is 1.22. The van der Waals surface area contributed by atoms with Gasteiger partial charge in [0.25, 0.3) is 5.56 Å². The molecule has 1 aliphatic rings. The van der Waals surface area contributed by atoms with Gasteiger partial charge in [-0.15, -0.1) is 0 Å². The predicted molar refractivity (Wildman–Crippen MR) is 77.9 cm³/mol. The van der Waals surface area contributed by atoms with E-state index in [2.05, 4.69) is 23.8 Å². The van der Waals surface area contributed by atoms with Gasteiger partial charge in [-0.3, -0.25) is 14.6 Å². The van der Waals surface area contributed by atoms with E-state index < -0.39 is 0 Å². The van der Waals surface area contributed by atoms with Crippen molar-refractivity contribution in [1.29, 1.82) is 0 Å². The van der Waals surface area contributed by atoms with Crippen LogP contribution in [-0.4, -0.2) is 47.5 Å². The average Bonchev–Trinajstić information content (AvgIpc) is 2.44. The van der Waals surface area contributed by atoms with Crippen LogP contribution in [0.2, 0.25) is 0 Å². The smallest absolute Gasteiger partial charge is 0.252 e. The number of anilines is 1. The fourth-order valence-corrected chi connectivity index (χ4v) is 2.25. The molecule has 1 amide bonds. The molecule has 0 atom stereocenters. The number of piperazine rings is 1. The zero-order valence-corrected chi connectivity index (χ0v) is 12.1. The maximum atomic E-state index is 11.7. The molecule has 1 fully saturated rings. The molecule has 1 saturated heterocycles. The number of aromatic nitrogens is 2. The van der Waals surface area contributed by atoms with E-state index in [0.29, 0.717) is 38.0 Å². The Morgan fingerprint density at radius 3 is 2.65 bits per heavy atom. The number of carbonyl (C=O) groups is 1. The average molecular weight is 278 g/mol. The molecule has 6 heteroatoms. The lowest BCUT2D eigenvalue weighted by Crippen LogP contribution is -2.46. The highest BCUT2D eigenvalue weighted by atomic mass is 16.1. The monoisotopic (exact) mass is 278 g/mol. The second kappa shape index (κ2) is 6.54. The van der Waals surface area contributed by atoms with Crippen LogP contribution in [0.3, 0.4) is 0 Å². The van der Waals surface area contributed by atoms with Crippen molar-refractivity contribution < 1.29 is 4.79 Å². The Bertz CT molecular complexity index is 504. The molecule has 1 aromatic heterocycles. The largest absolute Gasteiger partial charge is 0.342 e. The normalized spacial score (nSPS) is 15.8. The molecule has 2 heterocycles. The predicted octanol–water partition coefficient (Wildman–Crippen LogP) is 0.637. The summed E-state index contributed by atoms with van der Waals surface area (Å²) in [6, 6.07) is 1.58. The number of hydrogen-bond donors (Lipinski definition) is 1. The molecule has 0 bridgehead atoms. The summed E-state index contributed by atoms with van der Waals surface area (Å²) in [6.45, 7) is 7.07. The van der Waals surface area contributed by atoms with Crippen LogP contribution in [0.25, 0.3) is 0 Å². The molecule has 1 aromatic rings. The van der Waals surface area contributed by atoms with Gasteiger partial charge >= 0.3 is 0 Å². The molecule has 0 saturated carbocycles. The summed E-state index contributed by atoms with van der Waals surface area (Å²) in [5, 5.41) is 0. The molecule has 0 radical (unpaired) electrons. The number of hydrogen-bond acceptors (Lipinski definition) is 4. The first-order valence-electron chi connectivity index (χ1n) is 7.13. The van der Waals surface area contributed by atoms with Gasteiger partial charge < -0.3 is 9.80 Å². The Labute approximate surface area is 118 Å². The standard InChI is InChI=1S/C14H22N4O2/c1-11(2)3-4-12-9-13(20)16-14(15-12)18-7-5-17(10-19)6-8-18/h9-11H,3-8H2,1-2H3,(H,15,16,20). The van der Waals surface area contributed by atoms with E-state index in [1.807, 2.05) is 4.90 Å². The summed E-state index contributed by atoms with van der Waals surface area (Å²) >= 11 is 0. The first-order chi connectivity index (χ1) is 9.58. The molecule has 0 aromatic carbocycles. The number of aryl methyl sites for hydroxylation is 1. The maximum absolute atomic E-state index is 11.7. The second-order valence-electron chi connectivity index (χ2n) is 5.62. The van der Waals surface area contributed by atoms with Crippen molar-refractivity contribution >= 4 is 12.4 Å². The van der Waals surface area contributed by atoms with Crippen molar-refractivity contribution in [2.75, 3.05) is 31.1 Å². The highest BCUT2D eigenvalue weighted by Gasteiger charge is 2.17. The van der Waals surface area contributed by atoms with Gasteiger partial charge in [0.2, 0.25) is 12.4 Å². The Morgan fingerprint density at radius 1 is 1.35 bits per heavy atom. The van der Waals surface area contributed by atoms with E-state index in [1.54, 1.807) is 11.0 Å². The molecule has 0 unspecified atom stereocenters. The lowest BCUT2D eigenvalue weighted by Gasteiger charge is -2.32. The summed E-state index contributed by atoms with van der Waals surface area (Å²) < 4.78 is 0. The summed E-state index contributed by atoms with van der Waals surface area (Å²) in [4.78, 5) is 33.5. The molecule has 0 spiro atoms. The molecule has 110 valence electrons. The summed E-state index contributed by atoms with van der Waals surface area (Å²) in [6.07, 6.45) is 2.71. The molecule has 6 nitrogen and oxygen atoms in total. The number of amides is 1. The van der Waals surface area contributed by atoms with Crippen LogP contribution in [0.1, 0.15) is 26.0 Å². The topological polar surface area (TPSA) is 69.3 Å². The van der Waals surface area contributed by atoms with Crippen LogP contribution in [0.15, 0.2) is 10.9 Å². The number of rotatable bonds is 5. The Balaban J connectivity index is 2.08. The zero-order valence-electron chi connectivity index (χ0n) is 12.1. The maximum Gasteiger partial charge on any atom is 0.252 e. The SMILES string of the molecule is CC(C)CCc1cc(=O)[nH]c(N2CCN(C=O)CC2)n1. The number of carbonyl (C=O) groups excluding carboxylic acids is 1. The van der Waals surface area contributed by atoms with E-state index in [0.717, 1.165) is 24.9 Å². The molecule has 20 heavy (non-hydrogen) atoms. The van der Waals surface area contributed by atoms with Crippen LogP contribution in [0, 0.1) is 5.92 Å². The molecular formula is C14H22N4O2. The van der Waals surface area contributed by atoms with E-state index >= 15 is 0 Å². The van der Waals surface area contributed by atoms with Gasteiger partial charge in [0.05, 0.1) is 0 Å². The van der Waals surface area contributed by atoms with Crippen molar-refractivity contribution in [3.05, 3.63) is 22.1 Å². The van der Waals surface area contributed by atoms with E-state index in [-0.39, 0.29) is 5.56 Å². The van der Waals surface area contributed by atoms with Gasteiger partial charge in [0, 0.05) is 37.9 Å². The Morgan fingerprint density at radius 2 is 2.05 bits per heavy atom. The number of nitrogens with one attached hydrogen (secondary N) is 1. The van der Waals surface area contributed by atoms with Crippen LogP contribution < -0.4 is 10.5 Å². The van der Waals surface area contributed by atoms with Gasteiger partial charge in [0.15, 0.2) is 0 Å². The Kier molecular flexibility index (Phi) is 4.76. The molecule has 0 aliphatic carbocycles. The van der Waals surface area contributed by atoms with Crippen molar-refractivity contribution in [2.45, 2.75) is 26.7 Å². The van der Waals surface area contributed by atoms with Gasteiger partial charge in [-0.05, 0) is 18.8 Å². The minimum absolute atomic E-state index is 0.105. The van der Waals surface area contributed by atoms with Crippen LogP contribution >= 0.6 is 0 Å². The first kappa shape index (κ1) is 14.6. The van der Waals surface area contributed by atoms with Crippen LogP contribution in [0.5, 0.6) is 0 Å². The lowest BCUT2D eigenvalue weighted by molar-refractivity contribution is -0.118. The van der Waals surface area contributed by atoms with Crippen LogP contribution in [-0.2, 0) is 11.2 Å². The van der Waals surface area contributed by atoms with E-state index in [4.69, 9.17) is 0 Å². The summed E-state index contributed by atoms with van der Waals surface area (Å²) in [5.41, 5.74) is 0.738. The van der Waals surface area contributed by atoms with E-state index in [9.17, 15) is 9.59 Å². The van der Waals surface area contributed by atoms with Gasteiger partial charge in [0.1, 0.15) is 0 Å². The minimum Gasteiger partial charge on any atom is -0.342 e. The van der Waals surface area contributed by atoms with Crippen molar-refractivity contribution in [3.63, 3.8) is 0 Å². The van der Waals surface area contributed by atoms with Crippen molar-refractivity contribution in [3.8, 4) is 0 Å². The molecule has 1 aliphatic heterocycles. The lowest BCUT2D eigenvalue weighted by atomic mass is 10.1. The quantitative estimate of drug-likeness (QED) is 0.802. The highest BCUT2D eigenvalue weighted by Crippen LogP contribution is 2.11. The minimum atomic E-state index is -0.105. The van der Waals surface area contributed by atoms with E-state index in [1.165, 1.54) is 0 Å². The number of H-pyrrole nitrogens is 1. The molecule has 2 rings (SSSR count). The third-order valence-corrected chi connectivity index (χ3v) is 3.52. The highest BCUT2D eigenvalue weighted by molar-refractivity contribution is 5.48. The van der Waals surface area contributed by atoms with Crippen molar-refractivity contribution in [1.82, 2.24) is 14.9 Å². The summed E-state index contributed by atoms with van der Waals surface area (Å²) in [7, 11) is 0. The number of nitrogens with zero attached hydrogens (tertiary/aromatic N) is 3. The fourth-order valence-electron chi connectivity index (χ4n) is 2.25. The second-order valence-corrected chi connectivity index (χ2v) is 5.62. The van der Waals surface area contributed by atoms with Gasteiger partial charge in [-0.2, -0.15) is 0 Å². The first-order valence-corrected chi connectivity index (χ1v) is 7.13. The number of aromatic amines is 1.